The van der Waals surface area contributed by atoms with Gasteiger partial charge in [0.2, 0.25) is 11.8 Å². The Morgan fingerprint density at radius 3 is 1.41 bits per heavy atom. The molecule has 2 aliphatic rings. The molecule has 0 radical (unpaired) electrons. The summed E-state index contributed by atoms with van der Waals surface area (Å²) in [7, 11) is 0. The highest BCUT2D eigenvalue weighted by Gasteiger charge is 2.24. The normalized spacial score (nSPS) is 15.9. The lowest BCUT2D eigenvalue weighted by Crippen LogP contribution is -2.35. The standard InChI is InChI=1S/C19H22N2O2.C13H11BrO.C12H16N2O2/c1-15(22)20-17-11-12-21(13-17)18-7-9-19(10-8-18)23-14-16-5-3-2-4-6-16;14-12-6-8-13(9-7-12)15-10-11-4-2-1-3-5-11;1-9(15)13-10-6-7-14(8-10)11-2-4-12(16)5-3-11/h2-10,17H,11-14H2,1H3,(H,20,22);1-9H,10H2;2-5,10,16H,6-8H2,1H3,(H,13,15)/t17-;;10-/m0.0/s1. The zero-order valence-electron chi connectivity index (χ0n) is 30.9. The number of hydrogen-bond donors (Lipinski definition) is 3. The van der Waals surface area contributed by atoms with Crippen LogP contribution in [0.4, 0.5) is 11.4 Å². The Balaban J connectivity index is 0.000000161. The lowest BCUT2D eigenvalue weighted by Gasteiger charge is -2.19. The quantitative estimate of drug-likeness (QED) is 0.131. The smallest absolute Gasteiger partial charge is 0.217 e. The van der Waals surface area contributed by atoms with Gasteiger partial charge in [-0.25, -0.2) is 0 Å². The predicted octanol–water partition coefficient (Wildman–Crippen LogP) is 8.12. The third-order valence-electron chi connectivity index (χ3n) is 8.92. The number of halogens is 1. The predicted molar refractivity (Wildman–Crippen MR) is 219 cm³/mol. The molecule has 282 valence electrons. The number of phenolic OH excluding ortho intramolecular Hbond substituents is 1. The summed E-state index contributed by atoms with van der Waals surface area (Å²) in [4.78, 5) is 26.6. The summed E-state index contributed by atoms with van der Waals surface area (Å²) in [5.74, 6) is 2.11. The molecule has 2 fully saturated rings. The Morgan fingerprint density at radius 1 is 0.611 bits per heavy atom. The van der Waals surface area contributed by atoms with Gasteiger partial charge in [-0.1, -0.05) is 76.6 Å². The summed E-state index contributed by atoms with van der Waals surface area (Å²) in [5.41, 5.74) is 4.60. The van der Waals surface area contributed by atoms with Crippen molar-refractivity contribution >= 4 is 39.1 Å². The van der Waals surface area contributed by atoms with Crippen molar-refractivity contribution in [1.29, 1.82) is 0 Å². The van der Waals surface area contributed by atoms with Crippen molar-refractivity contribution < 1.29 is 24.2 Å². The zero-order valence-corrected chi connectivity index (χ0v) is 32.5. The van der Waals surface area contributed by atoms with E-state index in [0.29, 0.717) is 13.2 Å². The fourth-order valence-corrected chi connectivity index (χ4v) is 6.49. The number of ether oxygens (including phenoxy) is 2. The lowest BCUT2D eigenvalue weighted by atomic mass is 10.2. The van der Waals surface area contributed by atoms with Crippen LogP contribution >= 0.6 is 15.9 Å². The minimum Gasteiger partial charge on any atom is -0.508 e. The molecular formula is C44H49BrN4O5. The molecule has 0 unspecified atom stereocenters. The second-order valence-corrected chi connectivity index (χ2v) is 14.2. The molecule has 0 saturated carbocycles. The number of rotatable bonds is 10. The third kappa shape index (κ3) is 13.5. The molecule has 5 aromatic rings. The maximum absolute atomic E-state index is 11.1. The minimum absolute atomic E-state index is 0.0255. The van der Waals surface area contributed by atoms with Gasteiger partial charge < -0.3 is 35.0 Å². The van der Waals surface area contributed by atoms with E-state index in [1.807, 2.05) is 84.9 Å². The van der Waals surface area contributed by atoms with Crippen molar-refractivity contribution in [2.75, 3.05) is 36.0 Å². The van der Waals surface area contributed by atoms with Gasteiger partial charge in [0.25, 0.3) is 0 Å². The van der Waals surface area contributed by atoms with E-state index in [1.165, 1.54) is 11.3 Å². The molecule has 0 spiro atoms. The van der Waals surface area contributed by atoms with E-state index in [0.717, 1.165) is 66.2 Å². The van der Waals surface area contributed by atoms with Crippen molar-refractivity contribution in [3.8, 4) is 17.2 Å². The first-order chi connectivity index (χ1) is 26.2. The highest BCUT2D eigenvalue weighted by atomic mass is 79.9. The first-order valence-corrected chi connectivity index (χ1v) is 19.0. The summed E-state index contributed by atoms with van der Waals surface area (Å²) in [6, 6.07) is 43.9. The molecule has 0 bridgehead atoms. The lowest BCUT2D eigenvalue weighted by molar-refractivity contribution is -0.120. The Morgan fingerprint density at radius 2 is 1.00 bits per heavy atom. The Kier molecular flexibility index (Phi) is 15.2. The van der Waals surface area contributed by atoms with Crippen LogP contribution in [0.3, 0.4) is 0 Å². The summed E-state index contributed by atoms with van der Waals surface area (Å²) in [6.07, 6.45) is 1.96. The van der Waals surface area contributed by atoms with E-state index in [-0.39, 0.29) is 29.6 Å². The maximum atomic E-state index is 11.1. The van der Waals surface area contributed by atoms with Gasteiger partial charge in [-0.3, -0.25) is 9.59 Å². The molecule has 2 aliphatic heterocycles. The second-order valence-electron chi connectivity index (χ2n) is 13.3. The highest BCUT2D eigenvalue weighted by Crippen LogP contribution is 2.25. The molecule has 54 heavy (non-hydrogen) atoms. The van der Waals surface area contributed by atoms with Gasteiger partial charge in [0.05, 0.1) is 0 Å². The second kappa shape index (κ2) is 20.7. The number of nitrogens with one attached hydrogen (secondary N) is 2. The first-order valence-electron chi connectivity index (χ1n) is 18.2. The summed E-state index contributed by atoms with van der Waals surface area (Å²) >= 11 is 3.39. The number of amides is 2. The van der Waals surface area contributed by atoms with Gasteiger partial charge in [-0.15, -0.1) is 0 Å². The molecule has 10 heteroatoms. The molecule has 2 heterocycles. The number of nitrogens with zero attached hydrogens (tertiary/aromatic N) is 2. The van der Waals surface area contributed by atoms with Crippen molar-refractivity contribution in [2.45, 2.75) is 52.0 Å². The van der Waals surface area contributed by atoms with Crippen LogP contribution in [0.1, 0.15) is 37.8 Å². The molecule has 7 rings (SSSR count). The van der Waals surface area contributed by atoms with Crippen LogP contribution in [-0.4, -0.2) is 55.2 Å². The fourth-order valence-electron chi connectivity index (χ4n) is 6.23. The van der Waals surface area contributed by atoms with Gasteiger partial charge >= 0.3 is 0 Å². The van der Waals surface area contributed by atoms with Crippen molar-refractivity contribution in [2.24, 2.45) is 0 Å². The summed E-state index contributed by atoms with van der Waals surface area (Å²) in [6.45, 7) is 7.92. The number of carbonyl (C=O) groups excluding carboxylic acids is 2. The molecule has 2 atom stereocenters. The number of benzene rings is 5. The molecule has 2 amide bonds. The van der Waals surface area contributed by atoms with Crippen LogP contribution in [0, 0.1) is 0 Å². The third-order valence-corrected chi connectivity index (χ3v) is 9.45. The molecule has 5 aromatic carbocycles. The summed E-state index contributed by atoms with van der Waals surface area (Å²) in [5, 5.41) is 15.1. The fraction of sp³-hybridized carbons (Fsp3) is 0.273. The van der Waals surface area contributed by atoms with Crippen LogP contribution < -0.4 is 29.9 Å². The van der Waals surface area contributed by atoms with Crippen molar-refractivity contribution in [3.05, 3.63) is 149 Å². The molecule has 3 N–H and O–H groups in total. The minimum atomic E-state index is 0.0255. The van der Waals surface area contributed by atoms with Gasteiger partial charge in [0.1, 0.15) is 30.5 Å². The summed E-state index contributed by atoms with van der Waals surface area (Å²) < 4.78 is 12.5. The van der Waals surface area contributed by atoms with Crippen LogP contribution in [-0.2, 0) is 22.8 Å². The van der Waals surface area contributed by atoms with E-state index in [9.17, 15) is 14.7 Å². The van der Waals surface area contributed by atoms with Crippen LogP contribution in [0.2, 0.25) is 0 Å². The maximum Gasteiger partial charge on any atom is 0.217 e. The number of carbonyl (C=O) groups is 2. The van der Waals surface area contributed by atoms with Crippen LogP contribution in [0.15, 0.2) is 138 Å². The number of aromatic hydroxyl groups is 1. The van der Waals surface area contributed by atoms with E-state index in [1.54, 1.807) is 26.0 Å². The molecule has 0 aliphatic carbocycles. The van der Waals surface area contributed by atoms with Crippen LogP contribution in [0.25, 0.3) is 0 Å². The van der Waals surface area contributed by atoms with E-state index in [2.05, 4.69) is 72.8 Å². The number of anilines is 2. The zero-order chi connectivity index (χ0) is 38.1. The van der Waals surface area contributed by atoms with Gasteiger partial charge in [-0.2, -0.15) is 0 Å². The number of phenols is 1. The van der Waals surface area contributed by atoms with E-state index < -0.39 is 0 Å². The largest absolute Gasteiger partial charge is 0.508 e. The van der Waals surface area contributed by atoms with Crippen LogP contribution in [0.5, 0.6) is 17.2 Å². The average molecular weight is 794 g/mol. The Hall–Kier alpha value is -5.48. The molecule has 0 aromatic heterocycles. The molecular weight excluding hydrogens is 744 g/mol. The van der Waals surface area contributed by atoms with Crippen molar-refractivity contribution in [1.82, 2.24) is 10.6 Å². The van der Waals surface area contributed by atoms with Gasteiger partial charge in [0.15, 0.2) is 0 Å². The van der Waals surface area contributed by atoms with E-state index >= 15 is 0 Å². The van der Waals surface area contributed by atoms with Gasteiger partial charge in [-0.05, 0) is 96.8 Å². The number of hydrogen-bond acceptors (Lipinski definition) is 7. The molecule has 9 nitrogen and oxygen atoms in total. The average Bonchev–Trinajstić information content (AvgIpc) is 3.85. The SMILES string of the molecule is Brc1ccc(OCc2ccccc2)cc1.CC(=O)N[C@H]1CCN(c2ccc(O)cc2)C1.CC(=O)N[C@H]1CCN(c2ccc(OCc3ccccc3)cc2)C1. The van der Waals surface area contributed by atoms with E-state index in [4.69, 9.17) is 9.47 Å². The first kappa shape index (κ1) is 39.7. The van der Waals surface area contributed by atoms with Crippen molar-refractivity contribution in [3.63, 3.8) is 0 Å². The molecule has 2 saturated heterocycles. The Labute approximate surface area is 327 Å². The highest BCUT2D eigenvalue weighted by molar-refractivity contribution is 9.10. The Bertz CT molecular complexity index is 1860. The topological polar surface area (TPSA) is 103 Å². The van der Waals surface area contributed by atoms with Gasteiger partial charge in [0, 0.05) is 68.0 Å². The monoisotopic (exact) mass is 792 g/mol.